The molecule has 32 heavy (non-hydrogen) atoms. The molecule has 6 atom stereocenters. The third kappa shape index (κ3) is 3.93. The highest BCUT2D eigenvalue weighted by Gasteiger charge is 2.59. The summed E-state index contributed by atoms with van der Waals surface area (Å²) in [5, 5.41) is 15.2. The van der Waals surface area contributed by atoms with E-state index in [4.69, 9.17) is 4.74 Å². The number of hydrogen-bond acceptors (Lipinski definition) is 5. The average molecular weight is 439 g/mol. The number of likely N-dealkylation sites (tertiary alicyclic amines) is 1. The van der Waals surface area contributed by atoms with E-state index in [0.29, 0.717) is 18.5 Å². The van der Waals surface area contributed by atoms with Crippen molar-refractivity contribution in [3.05, 3.63) is 47.5 Å². The molecule has 3 fully saturated rings. The molecule has 0 radical (unpaired) electrons. The van der Waals surface area contributed by atoms with Crippen LogP contribution < -0.4 is 5.32 Å². The van der Waals surface area contributed by atoms with Gasteiger partial charge in [0.2, 0.25) is 0 Å². The van der Waals surface area contributed by atoms with E-state index in [-0.39, 0.29) is 29.3 Å². The third-order valence-electron chi connectivity index (χ3n) is 9.03. The van der Waals surface area contributed by atoms with Crippen molar-refractivity contribution in [3.8, 4) is 0 Å². The highest BCUT2D eigenvalue weighted by molar-refractivity contribution is 5.76. The summed E-state index contributed by atoms with van der Waals surface area (Å²) in [4.78, 5) is 15.3. The number of rotatable bonds is 5. The first kappa shape index (κ1) is 22.1. The number of aliphatic hydroxyl groups is 1. The van der Waals surface area contributed by atoms with Gasteiger partial charge in [0.1, 0.15) is 6.10 Å². The van der Waals surface area contributed by atoms with Crippen LogP contribution in [0.3, 0.4) is 0 Å². The minimum atomic E-state index is -0.520. The molecule has 0 unspecified atom stereocenters. The van der Waals surface area contributed by atoms with Crippen molar-refractivity contribution in [2.45, 2.75) is 70.7 Å². The summed E-state index contributed by atoms with van der Waals surface area (Å²) in [6.45, 7) is 8.22. The van der Waals surface area contributed by atoms with Crippen LogP contribution >= 0.6 is 0 Å². The zero-order valence-electron chi connectivity index (χ0n) is 19.5. The maximum absolute atomic E-state index is 12.8. The largest absolute Gasteiger partial charge is 0.461 e. The van der Waals surface area contributed by atoms with Crippen LogP contribution in [0.5, 0.6) is 0 Å². The molecule has 0 aromatic heterocycles. The van der Waals surface area contributed by atoms with Crippen LogP contribution in [0.25, 0.3) is 0 Å². The van der Waals surface area contributed by atoms with Crippen molar-refractivity contribution < 1.29 is 14.6 Å². The monoisotopic (exact) mass is 438 g/mol. The van der Waals surface area contributed by atoms with Crippen LogP contribution in [0.15, 0.2) is 42.0 Å². The molecule has 5 nitrogen and oxygen atoms in total. The number of carbonyl (C=O) groups is 1. The second kappa shape index (κ2) is 8.92. The Morgan fingerprint density at radius 1 is 1.19 bits per heavy atom. The number of nitrogens with zero attached hydrogens (tertiary/aromatic N) is 1. The van der Waals surface area contributed by atoms with E-state index in [1.165, 1.54) is 11.1 Å². The summed E-state index contributed by atoms with van der Waals surface area (Å²) in [5.41, 5.74) is 2.44. The number of allylic oxidation sites excluding steroid dienone is 1. The highest BCUT2D eigenvalue weighted by atomic mass is 16.6. The van der Waals surface area contributed by atoms with Crippen LogP contribution in [0.2, 0.25) is 0 Å². The van der Waals surface area contributed by atoms with E-state index in [1.54, 1.807) is 0 Å². The Balaban J connectivity index is 1.18. The molecule has 0 bridgehead atoms. The molecule has 0 amide bonds. The first-order valence-corrected chi connectivity index (χ1v) is 12.5. The van der Waals surface area contributed by atoms with Crippen LogP contribution in [0.1, 0.15) is 51.5 Å². The van der Waals surface area contributed by atoms with Crippen molar-refractivity contribution in [2.24, 2.45) is 23.2 Å². The van der Waals surface area contributed by atoms with Crippen LogP contribution in [0, 0.1) is 23.2 Å². The van der Waals surface area contributed by atoms with Crippen molar-refractivity contribution in [2.75, 3.05) is 19.6 Å². The summed E-state index contributed by atoms with van der Waals surface area (Å²) in [5.74, 6) is -0.0408. The summed E-state index contributed by atoms with van der Waals surface area (Å²) < 4.78 is 5.81. The first-order chi connectivity index (χ1) is 15.5. The number of piperidine rings is 1. The number of benzene rings is 1. The lowest BCUT2D eigenvalue weighted by atomic mass is 9.55. The van der Waals surface area contributed by atoms with Gasteiger partial charge in [0.05, 0.1) is 12.0 Å². The quantitative estimate of drug-likeness (QED) is 0.544. The predicted molar refractivity (Wildman–Crippen MR) is 125 cm³/mol. The second-order valence-corrected chi connectivity index (χ2v) is 10.7. The standard InChI is InChI=1S/C27H38N2O3/c1-18-7-6-10-20-15-23-24(25(30)27(18,20)2)22(26(31)32-23)16-28-21-11-13-29(14-12-21)17-19-8-4-3-5-9-19/h3-5,8-10,18,21-25,28,30H,6-7,11-17H2,1-2H3/t18-,22+,23-,24-,25+,27-/m1/s1. The van der Waals surface area contributed by atoms with Gasteiger partial charge in [-0.25, -0.2) is 0 Å². The number of fused-ring (bicyclic) bond motifs is 2. The predicted octanol–water partition coefficient (Wildman–Crippen LogP) is 3.53. The Labute approximate surface area is 192 Å². The minimum Gasteiger partial charge on any atom is -0.461 e. The van der Waals surface area contributed by atoms with Gasteiger partial charge in [0.25, 0.3) is 0 Å². The van der Waals surface area contributed by atoms with Crippen molar-refractivity contribution in [1.82, 2.24) is 10.2 Å². The van der Waals surface area contributed by atoms with Crippen molar-refractivity contribution in [1.29, 1.82) is 0 Å². The average Bonchev–Trinajstić information content (AvgIpc) is 3.11. The Morgan fingerprint density at radius 3 is 2.69 bits per heavy atom. The Bertz CT molecular complexity index is 848. The smallest absolute Gasteiger partial charge is 0.311 e. The van der Waals surface area contributed by atoms with E-state index >= 15 is 0 Å². The maximum Gasteiger partial charge on any atom is 0.311 e. The minimum absolute atomic E-state index is 0.101. The van der Waals surface area contributed by atoms with Gasteiger partial charge in [-0.2, -0.15) is 0 Å². The molecule has 0 spiro atoms. The number of carbonyl (C=O) groups excluding carboxylic acids is 1. The number of aliphatic hydroxyl groups excluding tert-OH is 1. The highest BCUT2D eigenvalue weighted by Crippen LogP contribution is 2.55. The van der Waals surface area contributed by atoms with Gasteiger partial charge in [-0.3, -0.25) is 9.69 Å². The van der Waals surface area contributed by atoms with Gasteiger partial charge in [-0.05, 0) is 50.3 Å². The molecule has 1 aromatic carbocycles. The molecular weight excluding hydrogens is 400 g/mol. The van der Waals surface area contributed by atoms with Gasteiger partial charge in [0.15, 0.2) is 0 Å². The fraction of sp³-hybridized carbons (Fsp3) is 0.667. The van der Waals surface area contributed by atoms with Crippen LogP contribution in [0.4, 0.5) is 0 Å². The number of ether oxygens (including phenoxy) is 1. The fourth-order valence-electron chi connectivity index (χ4n) is 6.73. The summed E-state index contributed by atoms with van der Waals surface area (Å²) >= 11 is 0. The Hall–Kier alpha value is -1.69. The van der Waals surface area contributed by atoms with Gasteiger partial charge in [-0.1, -0.05) is 55.8 Å². The third-order valence-corrected chi connectivity index (χ3v) is 9.03. The molecule has 2 aliphatic carbocycles. The van der Waals surface area contributed by atoms with E-state index < -0.39 is 6.10 Å². The van der Waals surface area contributed by atoms with E-state index in [1.807, 2.05) is 0 Å². The molecule has 2 aliphatic heterocycles. The molecule has 2 N–H and O–H groups in total. The van der Waals surface area contributed by atoms with Gasteiger partial charge in [0, 0.05) is 36.9 Å². The zero-order valence-corrected chi connectivity index (χ0v) is 19.5. The van der Waals surface area contributed by atoms with Crippen LogP contribution in [-0.4, -0.2) is 53.9 Å². The summed E-state index contributed by atoms with van der Waals surface area (Å²) in [6.07, 6.45) is 6.76. The molecule has 5 heteroatoms. The van der Waals surface area contributed by atoms with Crippen LogP contribution in [-0.2, 0) is 16.1 Å². The first-order valence-electron chi connectivity index (χ1n) is 12.5. The van der Waals surface area contributed by atoms with Gasteiger partial charge < -0.3 is 15.2 Å². The SMILES string of the molecule is C[C@@H]1CCC=C2C[C@H]3OC(=O)[C@@H](CNC4CCN(Cc5ccccc5)CC4)[C@H]3[C@H](O)[C@@]21C. The number of esters is 1. The number of nitrogens with one attached hydrogen (secondary N) is 1. The lowest BCUT2D eigenvalue weighted by molar-refractivity contribution is -0.144. The molecular formula is C27H38N2O3. The summed E-state index contributed by atoms with van der Waals surface area (Å²) in [7, 11) is 0. The van der Waals surface area contributed by atoms with E-state index in [9.17, 15) is 9.90 Å². The fourth-order valence-corrected chi connectivity index (χ4v) is 6.73. The normalized spacial score (nSPS) is 38.0. The molecule has 5 rings (SSSR count). The Kier molecular flexibility index (Phi) is 6.17. The molecule has 1 saturated carbocycles. The van der Waals surface area contributed by atoms with E-state index in [0.717, 1.165) is 51.7 Å². The zero-order chi connectivity index (χ0) is 22.3. The van der Waals surface area contributed by atoms with Crippen molar-refractivity contribution >= 4 is 5.97 Å². The molecule has 2 saturated heterocycles. The lowest BCUT2D eigenvalue weighted by Gasteiger charge is -2.51. The Morgan fingerprint density at radius 2 is 1.94 bits per heavy atom. The topological polar surface area (TPSA) is 61.8 Å². The van der Waals surface area contributed by atoms with Gasteiger partial charge >= 0.3 is 5.97 Å². The summed E-state index contributed by atoms with van der Waals surface area (Å²) in [6, 6.07) is 11.1. The number of hydrogen-bond donors (Lipinski definition) is 2. The van der Waals surface area contributed by atoms with Crippen molar-refractivity contribution in [3.63, 3.8) is 0 Å². The maximum atomic E-state index is 12.8. The van der Waals surface area contributed by atoms with Gasteiger partial charge in [-0.15, -0.1) is 0 Å². The second-order valence-electron chi connectivity index (χ2n) is 10.7. The molecule has 2 heterocycles. The molecule has 174 valence electrons. The van der Waals surface area contributed by atoms with E-state index in [2.05, 4.69) is 60.5 Å². The molecule has 1 aromatic rings. The molecule has 4 aliphatic rings. The lowest BCUT2D eigenvalue weighted by Crippen LogP contribution is -2.55.